The maximum atomic E-state index is 13.4. The van der Waals surface area contributed by atoms with Crippen molar-refractivity contribution >= 4 is 17.9 Å². The zero-order valence-corrected chi connectivity index (χ0v) is 22.8. The van der Waals surface area contributed by atoms with Crippen LogP contribution in [0.5, 0.6) is 11.5 Å². The number of nitrogens with one attached hydrogen (secondary N) is 1. The summed E-state index contributed by atoms with van der Waals surface area (Å²) in [6.07, 6.45) is 0.811. The molecule has 1 aromatic carbocycles. The van der Waals surface area contributed by atoms with Gasteiger partial charge in [-0.1, -0.05) is 26.0 Å². The standard InChI is InChI=1S/C27H40N4O6/c1-7-31-20(17-29-13-10-14-30(16-15-29)25(32)18(3)4)22(26(33)37-8-2)23(28-27(31)34)19-11-9-12-21(35-5)24(19)36-6/h9,11-12,18,23H,7-8,10,13-17H2,1-6H3,(H,28,34). The third kappa shape index (κ3) is 6.18. The maximum Gasteiger partial charge on any atom is 0.338 e. The predicted molar refractivity (Wildman–Crippen MR) is 139 cm³/mol. The molecule has 10 heteroatoms. The third-order valence-electron chi connectivity index (χ3n) is 6.76. The molecule has 3 amide bonds. The number of urea groups is 1. The number of carbonyl (C=O) groups is 3. The summed E-state index contributed by atoms with van der Waals surface area (Å²) in [6.45, 7) is 11.1. The second kappa shape index (κ2) is 12.8. The van der Waals surface area contributed by atoms with E-state index in [0.717, 1.165) is 13.0 Å². The average molecular weight is 517 g/mol. The van der Waals surface area contributed by atoms with Gasteiger partial charge in [-0.15, -0.1) is 0 Å². The summed E-state index contributed by atoms with van der Waals surface area (Å²) in [6, 6.07) is 4.30. The van der Waals surface area contributed by atoms with Crippen LogP contribution >= 0.6 is 0 Å². The first kappa shape index (κ1) is 28.3. The molecule has 37 heavy (non-hydrogen) atoms. The SMILES string of the molecule is CCOC(=O)C1=C(CN2CCCN(C(=O)C(C)C)CC2)N(CC)C(=O)NC1c1cccc(OC)c1OC. The molecule has 1 N–H and O–H groups in total. The summed E-state index contributed by atoms with van der Waals surface area (Å²) in [7, 11) is 3.07. The second-order valence-corrected chi connectivity index (χ2v) is 9.40. The first-order valence-electron chi connectivity index (χ1n) is 13.0. The number of hydrogen-bond acceptors (Lipinski definition) is 7. The highest BCUT2D eigenvalue weighted by molar-refractivity contribution is 5.95. The van der Waals surface area contributed by atoms with E-state index in [4.69, 9.17) is 14.2 Å². The van der Waals surface area contributed by atoms with Crippen LogP contribution in [0.4, 0.5) is 4.79 Å². The Morgan fingerprint density at radius 1 is 1.08 bits per heavy atom. The van der Waals surface area contributed by atoms with E-state index < -0.39 is 12.0 Å². The van der Waals surface area contributed by atoms with Crippen molar-refractivity contribution in [1.82, 2.24) is 20.0 Å². The quantitative estimate of drug-likeness (QED) is 0.504. The highest BCUT2D eigenvalue weighted by Gasteiger charge is 2.40. The Hall–Kier alpha value is -3.27. The molecule has 0 saturated carbocycles. The Balaban J connectivity index is 2.06. The Bertz CT molecular complexity index is 1020. The van der Waals surface area contributed by atoms with E-state index >= 15 is 0 Å². The molecule has 10 nitrogen and oxygen atoms in total. The second-order valence-electron chi connectivity index (χ2n) is 9.40. The zero-order valence-electron chi connectivity index (χ0n) is 22.8. The molecule has 2 heterocycles. The summed E-state index contributed by atoms with van der Waals surface area (Å²) in [4.78, 5) is 45.0. The number of rotatable bonds is 9. The molecule has 1 unspecified atom stereocenters. The van der Waals surface area contributed by atoms with Crippen molar-refractivity contribution in [3.8, 4) is 11.5 Å². The van der Waals surface area contributed by atoms with Crippen molar-refractivity contribution in [1.29, 1.82) is 0 Å². The van der Waals surface area contributed by atoms with Crippen molar-refractivity contribution in [3.05, 3.63) is 35.0 Å². The number of carbonyl (C=O) groups excluding carboxylic acids is 3. The number of benzene rings is 1. The molecular weight excluding hydrogens is 476 g/mol. The molecule has 0 bridgehead atoms. The van der Waals surface area contributed by atoms with Crippen molar-refractivity contribution in [3.63, 3.8) is 0 Å². The van der Waals surface area contributed by atoms with Gasteiger partial charge >= 0.3 is 12.0 Å². The van der Waals surface area contributed by atoms with Gasteiger partial charge in [-0.05, 0) is 26.3 Å². The van der Waals surface area contributed by atoms with Crippen LogP contribution in [0, 0.1) is 5.92 Å². The summed E-state index contributed by atoms with van der Waals surface area (Å²) in [5.41, 5.74) is 1.58. The number of ether oxygens (including phenoxy) is 3. The molecule has 0 spiro atoms. The highest BCUT2D eigenvalue weighted by atomic mass is 16.5. The Labute approximate surface area is 219 Å². The molecule has 1 aromatic rings. The number of para-hydroxylation sites is 1. The van der Waals surface area contributed by atoms with Crippen LogP contribution < -0.4 is 14.8 Å². The Morgan fingerprint density at radius 2 is 1.84 bits per heavy atom. The molecule has 1 fully saturated rings. The van der Waals surface area contributed by atoms with Crippen molar-refractivity contribution in [2.75, 3.05) is 60.1 Å². The fraction of sp³-hybridized carbons (Fsp3) is 0.593. The van der Waals surface area contributed by atoms with Crippen molar-refractivity contribution in [2.45, 2.75) is 40.2 Å². The van der Waals surface area contributed by atoms with Crippen LogP contribution in [-0.2, 0) is 14.3 Å². The third-order valence-corrected chi connectivity index (χ3v) is 6.76. The number of esters is 1. The van der Waals surface area contributed by atoms with Crippen LogP contribution in [-0.4, -0.2) is 92.7 Å². The largest absolute Gasteiger partial charge is 0.493 e. The van der Waals surface area contributed by atoms with Gasteiger partial charge in [0.15, 0.2) is 11.5 Å². The van der Waals surface area contributed by atoms with Gasteiger partial charge in [-0.2, -0.15) is 0 Å². The lowest BCUT2D eigenvalue weighted by atomic mass is 9.93. The van der Waals surface area contributed by atoms with Gasteiger partial charge in [0.25, 0.3) is 0 Å². The molecular formula is C27H40N4O6. The molecule has 0 aromatic heterocycles. The van der Waals surface area contributed by atoms with Gasteiger partial charge in [-0.25, -0.2) is 9.59 Å². The summed E-state index contributed by atoms with van der Waals surface area (Å²) in [5.74, 6) is 0.544. The lowest BCUT2D eigenvalue weighted by Gasteiger charge is -2.38. The smallest absolute Gasteiger partial charge is 0.338 e. The molecule has 0 radical (unpaired) electrons. The molecule has 2 aliphatic rings. The van der Waals surface area contributed by atoms with E-state index in [1.807, 2.05) is 31.7 Å². The minimum atomic E-state index is -0.777. The van der Waals surface area contributed by atoms with Gasteiger partial charge in [-0.3, -0.25) is 14.6 Å². The highest BCUT2D eigenvalue weighted by Crippen LogP contribution is 2.40. The van der Waals surface area contributed by atoms with Crippen LogP contribution in [0.3, 0.4) is 0 Å². The first-order chi connectivity index (χ1) is 17.8. The molecule has 1 saturated heterocycles. The van der Waals surface area contributed by atoms with E-state index in [1.165, 1.54) is 7.11 Å². The number of nitrogens with zero attached hydrogens (tertiary/aromatic N) is 3. The number of likely N-dealkylation sites (N-methyl/N-ethyl adjacent to an activating group) is 1. The molecule has 2 aliphatic heterocycles. The van der Waals surface area contributed by atoms with Gasteiger partial charge < -0.3 is 24.4 Å². The lowest BCUT2D eigenvalue weighted by molar-refractivity contribution is -0.139. The topological polar surface area (TPSA) is 101 Å². The first-order valence-corrected chi connectivity index (χ1v) is 13.0. The minimum Gasteiger partial charge on any atom is -0.493 e. The van der Waals surface area contributed by atoms with Gasteiger partial charge in [0.2, 0.25) is 5.91 Å². The van der Waals surface area contributed by atoms with Gasteiger partial charge in [0, 0.05) is 56.4 Å². The lowest BCUT2D eigenvalue weighted by Crippen LogP contribution is -2.51. The van der Waals surface area contributed by atoms with E-state index in [2.05, 4.69) is 10.2 Å². The normalized spacial score (nSPS) is 19.0. The average Bonchev–Trinajstić information content (AvgIpc) is 3.13. The van der Waals surface area contributed by atoms with E-state index in [9.17, 15) is 14.4 Å². The molecule has 0 aliphatic carbocycles. The van der Waals surface area contributed by atoms with Crippen molar-refractivity contribution in [2.24, 2.45) is 5.92 Å². The predicted octanol–water partition coefficient (Wildman–Crippen LogP) is 2.80. The van der Waals surface area contributed by atoms with Crippen LogP contribution in [0.1, 0.15) is 45.7 Å². The number of amides is 3. The van der Waals surface area contributed by atoms with Crippen molar-refractivity contribution < 1.29 is 28.6 Å². The van der Waals surface area contributed by atoms with Gasteiger partial charge in [0.05, 0.1) is 32.4 Å². The maximum absolute atomic E-state index is 13.4. The summed E-state index contributed by atoms with van der Waals surface area (Å²) < 4.78 is 16.6. The molecule has 204 valence electrons. The number of methoxy groups -OCH3 is 2. The Morgan fingerprint density at radius 3 is 2.46 bits per heavy atom. The summed E-state index contributed by atoms with van der Waals surface area (Å²) >= 11 is 0. The van der Waals surface area contributed by atoms with E-state index in [1.54, 1.807) is 31.1 Å². The van der Waals surface area contributed by atoms with Gasteiger partial charge in [0.1, 0.15) is 0 Å². The van der Waals surface area contributed by atoms with Crippen LogP contribution in [0.25, 0.3) is 0 Å². The zero-order chi connectivity index (χ0) is 27.1. The fourth-order valence-corrected chi connectivity index (χ4v) is 4.96. The Kier molecular flexibility index (Phi) is 9.79. The van der Waals surface area contributed by atoms with E-state index in [0.29, 0.717) is 61.1 Å². The van der Waals surface area contributed by atoms with Crippen LogP contribution in [0.2, 0.25) is 0 Å². The molecule has 1 atom stereocenters. The summed E-state index contributed by atoms with van der Waals surface area (Å²) in [5, 5.41) is 2.98. The monoisotopic (exact) mass is 516 g/mol. The number of hydrogen-bond donors (Lipinski definition) is 1. The molecule has 3 rings (SSSR count). The van der Waals surface area contributed by atoms with E-state index in [-0.39, 0.29) is 24.5 Å². The fourth-order valence-electron chi connectivity index (χ4n) is 4.96. The minimum absolute atomic E-state index is 0.0547. The van der Waals surface area contributed by atoms with Crippen LogP contribution in [0.15, 0.2) is 29.5 Å².